The highest BCUT2D eigenvalue weighted by atomic mass is 79.9. The molecular weight excluding hydrogens is 348 g/mol. The number of ether oxygens (including phenoxy) is 2. The molecule has 0 radical (unpaired) electrons. The van der Waals surface area contributed by atoms with Crippen LogP contribution >= 0.6 is 15.9 Å². The van der Waals surface area contributed by atoms with Gasteiger partial charge in [-0.1, -0.05) is 28.1 Å². The summed E-state index contributed by atoms with van der Waals surface area (Å²) in [7, 11) is 0. The standard InChI is InChI=1S/C15H11BrN4O2/c16-10-3-1-9(2-4-10)11-13(7-17)12(19)20-15(14(11,13)8-18)21-5-6-22-15/h1-4,11H,5-6H2,(H2,19,20)/t11-,13+,14-/m1/s1. The summed E-state index contributed by atoms with van der Waals surface area (Å²) in [4.78, 5) is 4.23. The third-order valence-electron chi connectivity index (χ3n) is 4.81. The lowest BCUT2D eigenvalue weighted by atomic mass is 9.94. The van der Waals surface area contributed by atoms with E-state index in [-0.39, 0.29) is 5.84 Å². The third kappa shape index (κ3) is 1.21. The molecule has 0 aromatic heterocycles. The number of benzene rings is 1. The van der Waals surface area contributed by atoms with E-state index in [1.165, 1.54) is 0 Å². The van der Waals surface area contributed by atoms with Crippen molar-refractivity contribution < 1.29 is 9.47 Å². The lowest BCUT2D eigenvalue weighted by molar-refractivity contribution is -0.184. The van der Waals surface area contributed by atoms with E-state index in [4.69, 9.17) is 15.2 Å². The average Bonchev–Trinajstić information content (AvgIpc) is 2.77. The van der Waals surface area contributed by atoms with Crippen molar-refractivity contribution in [2.75, 3.05) is 13.2 Å². The van der Waals surface area contributed by atoms with E-state index in [1.807, 2.05) is 24.3 Å². The SMILES string of the molecule is N#C[C@@]12[C@H](c3ccc(Br)cc3)[C@@]1(C#N)C(N)=NC21OCCO1. The number of hydrogen-bond acceptors (Lipinski definition) is 6. The maximum absolute atomic E-state index is 9.89. The van der Waals surface area contributed by atoms with Gasteiger partial charge in [-0.2, -0.15) is 10.5 Å². The van der Waals surface area contributed by atoms with Gasteiger partial charge >= 0.3 is 0 Å². The Hall–Kier alpha value is -1.93. The van der Waals surface area contributed by atoms with Gasteiger partial charge in [0.05, 0.1) is 25.4 Å². The number of rotatable bonds is 1. The monoisotopic (exact) mass is 358 g/mol. The molecule has 6 nitrogen and oxygen atoms in total. The van der Waals surface area contributed by atoms with E-state index < -0.39 is 22.7 Å². The van der Waals surface area contributed by atoms with Crippen LogP contribution in [0, 0.1) is 33.5 Å². The van der Waals surface area contributed by atoms with Gasteiger partial charge in [-0.25, -0.2) is 4.99 Å². The topological polar surface area (TPSA) is 104 Å². The highest BCUT2D eigenvalue weighted by molar-refractivity contribution is 9.10. The van der Waals surface area contributed by atoms with Crippen molar-refractivity contribution in [1.82, 2.24) is 0 Å². The van der Waals surface area contributed by atoms with Crippen LogP contribution in [0.2, 0.25) is 0 Å². The molecule has 3 atom stereocenters. The summed E-state index contributed by atoms with van der Waals surface area (Å²) in [5.41, 5.74) is 4.47. The lowest BCUT2D eigenvalue weighted by Crippen LogP contribution is -2.38. The molecule has 1 aromatic carbocycles. The molecule has 0 amide bonds. The molecule has 2 N–H and O–H groups in total. The molecular formula is C15H11BrN4O2. The number of hydrogen-bond donors (Lipinski definition) is 1. The van der Waals surface area contributed by atoms with Crippen LogP contribution in [0.4, 0.5) is 0 Å². The highest BCUT2D eigenvalue weighted by Crippen LogP contribution is 2.82. The van der Waals surface area contributed by atoms with Crippen molar-refractivity contribution in [3.05, 3.63) is 34.3 Å². The first kappa shape index (κ1) is 13.7. The summed E-state index contributed by atoms with van der Waals surface area (Å²) < 4.78 is 12.2. The van der Waals surface area contributed by atoms with Crippen LogP contribution in [0.3, 0.4) is 0 Å². The molecule has 4 rings (SSSR count). The lowest BCUT2D eigenvalue weighted by Gasteiger charge is -2.25. The van der Waals surface area contributed by atoms with Gasteiger partial charge < -0.3 is 15.2 Å². The first-order chi connectivity index (χ1) is 10.6. The molecule has 110 valence electrons. The summed E-state index contributed by atoms with van der Waals surface area (Å²) in [5.74, 6) is -1.76. The van der Waals surface area contributed by atoms with E-state index in [2.05, 4.69) is 33.1 Å². The van der Waals surface area contributed by atoms with Crippen molar-refractivity contribution in [2.45, 2.75) is 11.8 Å². The van der Waals surface area contributed by atoms with Gasteiger partial charge in [0.25, 0.3) is 5.91 Å². The van der Waals surface area contributed by atoms with Crippen LogP contribution in [0.15, 0.2) is 33.7 Å². The van der Waals surface area contributed by atoms with Crippen LogP contribution in [-0.4, -0.2) is 25.0 Å². The number of nitriles is 2. The molecule has 2 aliphatic heterocycles. The molecule has 0 bridgehead atoms. The largest absolute Gasteiger partial charge is 0.386 e. The second-order valence-electron chi connectivity index (χ2n) is 5.60. The fraction of sp³-hybridized carbons (Fsp3) is 0.400. The Morgan fingerprint density at radius 1 is 1.18 bits per heavy atom. The molecule has 1 saturated carbocycles. The van der Waals surface area contributed by atoms with Crippen LogP contribution < -0.4 is 5.73 Å². The second kappa shape index (κ2) is 4.08. The average molecular weight is 359 g/mol. The molecule has 1 saturated heterocycles. The van der Waals surface area contributed by atoms with E-state index >= 15 is 0 Å². The minimum atomic E-state index is -1.46. The summed E-state index contributed by atoms with van der Waals surface area (Å²) >= 11 is 3.38. The molecule has 2 heterocycles. The van der Waals surface area contributed by atoms with Gasteiger partial charge in [0.15, 0.2) is 5.41 Å². The second-order valence-corrected chi connectivity index (χ2v) is 6.52. The molecule has 1 aliphatic carbocycles. The smallest absolute Gasteiger partial charge is 0.293 e. The minimum absolute atomic E-state index is 0.117. The third-order valence-corrected chi connectivity index (χ3v) is 5.34. The number of halogens is 1. The van der Waals surface area contributed by atoms with E-state index in [0.717, 1.165) is 10.0 Å². The Kier molecular flexibility index (Phi) is 2.54. The Labute approximate surface area is 135 Å². The number of nitrogens with zero attached hydrogens (tertiary/aromatic N) is 3. The zero-order chi connectivity index (χ0) is 15.6. The van der Waals surface area contributed by atoms with Gasteiger partial charge in [0.1, 0.15) is 11.3 Å². The summed E-state index contributed by atoms with van der Waals surface area (Å²) in [6.07, 6.45) is 0. The van der Waals surface area contributed by atoms with Crippen molar-refractivity contribution in [2.24, 2.45) is 21.6 Å². The van der Waals surface area contributed by atoms with Crippen molar-refractivity contribution >= 4 is 21.8 Å². The van der Waals surface area contributed by atoms with Gasteiger partial charge in [-0.05, 0) is 17.7 Å². The van der Waals surface area contributed by atoms with E-state index in [9.17, 15) is 10.5 Å². The zero-order valence-corrected chi connectivity index (χ0v) is 13.0. The summed E-state index contributed by atoms with van der Waals surface area (Å²) in [6, 6.07) is 12.0. The maximum Gasteiger partial charge on any atom is 0.293 e. The minimum Gasteiger partial charge on any atom is -0.386 e. The Balaban J connectivity index is 1.92. The van der Waals surface area contributed by atoms with Gasteiger partial charge in [-0.3, -0.25) is 0 Å². The zero-order valence-electron chi connectivity index (χ0n) is 11.4. The van der Waals surface area contributed by atoms with E-state index in [0.29, 0.717) is 13.2 Å². The quantitative estimate of drug-likeness (QED) is 0.821. The van der Waals surface area contributed by atoms with Crippen molar-refractivity contribution in [3.8, 4) is 12.1 Å². The van der Waals surface area contributed by atoms with Crippen LogP contribution in [0.1, 0.15) is 11.5 Å². The van der Waals surface area contributed by atoms with E-state index in [1.54, 1.807) is 0 Å². The van der Waals surface area contributed by atoms with Gasteiger partial charge in [-0.15, -0.1) is 0 Å². The predicted octanol–water partition coefficient (Wildman–Crippen LogP) is 1.64. The first-order valence-corrected chi connectivity index (χ1v) is 7.59. The normalized spacial score (nSPS) is 37.2. The van der Waals surface area contributed by atoms with Crippen LogP contribution in [0.25, 0.3) is 0 Å². The Morgan fingerprint density at radius 3 is 2.36 bits per heavy atom. The fourth-order valence-electron chi connectivity index (χ4n) is 3.87. The number of amidine groups is 1. The first-order valence-electron chi connectivity index (χ1n) is 6.80. The molecule has 1 aromatic rings. The molecule has 2 fully saturated rings. The van der Waals surface area contributed by atoms with Crippen molar-refractivity contribution in [1.29, 1.82) is 10.5 Å². The van der Waals surface area contributed by atoms with Crippen LogP contribution in [-0.2, 0) is 9.47 Å². The highest BCUT2D eigenvalue weighted by Gasteiger charge is 2.94. The Morgan fingerprint density at radius 2 is 1.82 bits per heavy atom. The van der Waals surface area contributed by atoms with Gasteiger partial charge in [0, 0.05) is 10.4 Å². The summed E-state index contributed by atoms with van der Waals surface area (Å²) in [5, 5.41) is 19.7. The number of nitrogens with two attached hydrogens (primary N) is 1. The van der Waals surface area contributed by atoms with Gasteiger partial charge in [0.2, 0.25) is 0 Å². The molecule has 7 heteroatoms. The molecule has 1 spiro atoms. The summed E-state index contributed by atoms with van der Waals surface area (Å²) in [6.45, 7) is 0.656. The molecule has 0 unspecified atom stereocenters. The van der Waals surface area contributed by atoms with Crippen molar-refractivity contribution in [3.63, 3.8) is 0 Å². The predicted molar refractivity (Wildman–Crippen MR) is 79.2 cm³/mol. The maximum atomic E-state index is 9.89. The number of fused-ring (bicyclic) bond motifs is 2. The number of aliphatic imine (C=N–C) groups is 1. The molecule has 22 heavy (non-hydrogen) atoms. The molecule has 3 aliphatic rings. The van der Waals surface area contributed by atoms with Crippen LogP contribution in [0.5, 0.6) is 0 Å². The fourth-order valence-corrected chi connectivity index (χ4v) is 4.14. The Bertz CT molecular complexity index is 772.